The number of benzene rings is 1. The molecular formula is C15H21N3. The molecule has 3 nitrogen and oxygen atoms in total. The summed E-state index contributed by atoms with van der Waals surface area (Å²) in [7, 11) is 0. The Morgan fingerprint density at radius 1 is 1.50 bits per heavy atom. The van der Waals surface area contributed by atoms with Crippen molar-refractivity contribution in [3.05, 3.63) is 29.3 Å². The molecule has 0 spiro atoms. The highest BCUT2D eigenvalue weighted by atomic mass is 15.2. The van der Waals surface area contributed by atoms with Crippen LogP contribution in [0.15, 0.2) is 18.2 Å². The lowest BCUT2D eigenvalue weighted by Crippen LogP contribution is -2.42. The Morgan fingerprint density at radius 3 is 3.06 bits per heavy atom. The highest BCUT2D eigenvalue weighted by Gasteiger charge is 2.19. The van der Waals surface area contributed by atoms with Crippen molar-refractivity contribution < 1.29 is 0 Å². The fourth-order valence-electron chi connectivity index (χ4n) is 2.61. The van der Waals surface area contributed by atoms with E-state index in [9.17, 15) is 0 Å². The van der Waals surface area contributed by atoms with E-state index in [1.54, 1.807) is 0 Å². The Labute approximate surface area is 109 Å². The van der Waals surface area contributed by atoms with Gasteiger partial charge in [-0.25, -0.2) is 0 Å². The molecule has 1 aromatic carbocycles. The minimum atomic E-state index is -0.0812. The van der Waals surface area contributed by atoms with Crippen molar-refractivity contribution in [1.29, 1.82) is 5.26 Å². The van der Waals surface area contributed by atoms with Gasteiger partial charge >= 0.3 is 0 Å². The van der Waals surface area contributed by atoms with Gasteiger partial charge in [0, 0.05) is 18.8 Å². The predicted molar refractivity (Wildman–Crippen MR) is 74.8 cm³/mol. The lowest BCUT2D eigenvalue weighted by Gasteiger charge is -2.33. The van der Waals surface area contributed by atoms with E-state index in [1.165, 1.54) is 23.2 Å². The van der Waals surface area contributed by atoms with E-state index in [1.807, 2.05) is 6.92 Å². The molecule has 3 heteroatoms. The lowest BCUT2D eigenvalue weighted by atomic mass is 9.99. The van der Waals surface area contributed by atoms with E-state index in [0.717, 1.165) is 26.1 Å². The second kappa shape index (κ2) is 5.88. The first-order valence-corrected chi connectivity index (χ1v) is 6.72. The van der Waals surface area contributed by atoms with Crippen molar-refractivity contribution in [3.8, 4) is 6.07 Å². The molecular weight excluding hydrogens is 222 g/mol. The van der Waals surface area contributed by atoms with Crippen LogP contribution in [0.5, 0.6) is 0 Å². The van der Waals surface area contributed by atoms with Crippen LogP contribution in [-0.2, 0) is 6.42 Å². The molecule has 1 heterocycles. The van der Waals surface area contributed by atoms with Gasteiger partial charge in [0.05, 0.1) is 6.07 Å². The highest BCUT2D eigenvalue weighted by Crippen LogP contribution is 2.27. The summed E-state index contributed by atoms with van der Waals surface area (Å²) in [6.45, 7) is 6.85. The summed E-state index contributed by atoms with van der Waals surface area (Å²) in [5, 5.41) is 12.4. The summed E-state index contributed by atoms with van der Waals surface area (Å²) < 4.78 is 0. The van der Waals surface area contributed by atoms with Gasteiger partial charge < -0.3 is 10.2 Å². The molecule has 0 bridgehead atoms. The molecule has 0 amide bonds. The predicted octanol–water partition coefficient (Wildman–Crippen LogP) is 2.25. The molecule has 2 rings (SSSR count). The molecule has 0 aromatic heterocycles. The van der Waals surface area contributed by atoms with E-state index in [4.69, 9.17) is 5.26 Å². The number of hydrogen-bond donors (Lipinski definition) is 1. The van der Waals surface area contributed by atoms with Crippen molar-refractivity contribution in [2.75, 3.05) is 24.5 Å². The Hall–Kier alpha value is -1.53. The van der Waals surface area contributed by atoms with E-state index in [2.05, 4.69) is 41.4 Å². The second-order valence-electron chi connectivity index (χ2n) is 4.92. The molecule has 1 aliphatic heterocycles. The van der Waals surface area contributed by atoms with Crippen molar-refractivity contribution in [1.82, 2.24) is 5.32 Å². The van der Waals surface area contributed by atoms with Gasteiger partial charge in [0.25, 0.3) is 0 Å². The molecule has 0 aliphatic carbocycles. The van der Waals surface area contributed by atoms with Gasteiger partial charge in [-0.05, 0) is 37.9 Å². The van der Waals surface area contributed by atoms with E-state index in [-0.39, 0.29) is 6.04 Å². The van der Waals surface area contributed by atoms with Gasteiger partial charge in [0.1, 0.15) is 6.04 Å². The largest absolute Gasteiger partial charge is 0.369 e. The Kier molecular flexibility index (Phi) is 4.22. The molecule has 1 aromatic rings. The smallest absolute Gasteiger partial charge is 0.113 e. The van der Waals surface area contributed by atoms with Crippen LogP contribution >= 0.6 is 0 Å². The molecule has 1 N–H and O–H groups in total. The third-order valence-corrected chi connectivity index (χ3v) is 3.46. The van der Waals surface area contributed by atoms with Gasteiger partial charge in [-0.1, -0.05) is 24.6 Å². The highest BCUT2D eigenvalue weighted by molar-refractivity contribution is 5.57. The average Bonchev–Trinajstić information content (AvgIpc) is 2.38. The van der Waals surface area contributed by atoms with E-state index in [0.29, 0.717) is 0 Å². The molecule has 96 valence electrons. The quantitative estimate of drug-likeness (QED) is 0.881. The average molecular weight is 243 g/mol. The maximum atomic E-state index is 9.14. The molecule has 0 saturated heterocycles. The van der Waals surface area contributed by atoms with Crippen LogP contribution in [0.4, 0.5) is 5.69 Å². The van der Waals surface area contributed by atoms with Gasteiger partial charge in [-0.2, -0.15) is 5.26 Å². The molecule has 0 saturated carbocycles. The molecule has 0 fully saturated rings. The molecule has 1 unspecified atom stereocenters. The zero-order chi connectivity index (χ0) is 13.0. The van der Waals surface area contributed by atoms with Gasteiger partial charge in [-0.15, -0.1) is 0 Å². The van der Waals surface area contributed by atoms with Crippen molar-refractivity contribution in [3.63, 3.8) is 0 Å². The Balaban J connectivity index is 2.15. The fourth-order valence-corrected chi connectivity index (χ4v) is 2.61. The number of nitrogens with one attached hydrogen (secondary N) is 1. The summed E-state index contributed by atoms with van der Waals surface area (Å²) >= 11 is 0. The fraction of sp³-hybridized carbons (Fsp3) is 0.533. The number of fused-ring (bicyclic) bond motifs is 1. The third-order valence-electron chi connectivity index (χ3n) is 3.46. The van der Waals surface area contributed by atoms with Crippen LogP contribution in [0, 0.1) is 18.3 Å². The van der Waals surface area contributed by atoms with Crippen molar-refractivity contribution in [2.45, 2.75) is 32.7 Å². The standard InChI is InChI=1S/C15H21N3/c1-3-17-14(10-16)11-18-8-4-5-13-9-12(2)6-7-15(13)18/h6-7,9,14,17H,3-5,8,11H2,1-2H3. The number of likely N-dealkylation sites (N-methyl/N-ethyl adjacent to an activating group) is 1. The lowest BCUT2D eigenvalue weighted by molar-refractivity contribution is 0.582. The topological polar surface area (TPSA) is 39.1 Å². The number of aryl methyl sites for hydroxylation is 2. The minimum Gasteiger partial charge on any atom is -0.369 e. The van der Waals surface area contributed by atoms with Crippen LogP contribution in [0.2, 0.25) is 0 Å². The van der Waals surface area contributed by atoms with Crippen LogP contribution in [0.3, 0.4) is 0 Å². The first kappa shape index (κ1) is 12.9. The van der Waals surface area contributed by atoms with Crippen LogP contribution in [-0.4, -0.2) is 25.7 Å². The summed E-state index contributed by atoms with van der Waals surface area (Å²) in [6, 6.07) is 8.89. The van der Waals surface area contributed by atoms with E-state index >= 15 is 0 Å². The zero-order valence-electron chi connectivity index (χ0n) is 11.2. The van der Waals surface area contributed by atoms with Crippen LogP contribution in [0.1, 0.15) is 24.5 Å². The summed E-state index contributed by atoms with van der Waals surface area (Å²) in [4.78, 5) is 2.34. The monoisotopic (exact) mass is 243 g/mol. The van der Waals surface area contributed by atoms with Crippen molar-refractivity contribution >= 4 is 5.69 Å². The van der Waals surface area contributed by atoms with Crippen LogP contribution in [0.25, 0.3) is 0 Å². The second-order valence-corrected chi connectivity index (χ2v) is 4.92. The maximum Gasteiger partial charge on any atom is 0.113 e. The number of nitrogens with zero attached hydrogens (tertiary/aromatic N) is 2. The first-order chi connectivity index (χ1) is 8.74. The zero-order valence-corrected chi connectivity index (χ0v) is 11.2. The molecule has 0 radical (unpaired) electrons. The van der Waals surface area contributed by atoms with E-state index < -0.39 is 0 Å². The molecule has 1 aliphatic rings. The number of nitriles is 1. The summed E-state index contributed by atoms with van der Waals surface area (Å²) in [5.41, 5.74) is 4.05. The van der Waals surface area contributed by atoms with Crippen LogP contribution < -0.4 is 10.2 Å². The summed E-state index contributed by atoms with van der Waals surface area (Å²) in [6.07, 6.45) is 2.34. The third kappa shape index (κ3) is 2.83. The molecule has 1 atom stereocenters. The van der Waals surface area contributed by atoms with Gasteiger partial charge in [0.15, 0.2) is 0 Å². The van der Waals surface area contributed by atoms with Gasteiger partial charge in [-0.3, -0.25) is 0 Å². The number of rotatable bonds is 4. The molecule has 18 heavy (non-hydrogen) atoms. The maximum absolute atomic E-state index is 9.14. The SMILES string of the molecule is CCNC(C#N)CN1CCCc2cc(C)ccc21. The first-order valence-electron chi connectivity index (χ1n) is 6.72. The van der Waals surface area contributed by atoms with Gasteiger partial charge in [0.2, 0.25) is 0 Å². The minimum absolute atomic E-state index is 0.0812. The number of hydrogen-bond acceptors (Lipinski definition) is 3. The normalized spacial score (nSPS) is 15.9. The van der Waals surface area contributed by atoms with Crippen molar-refractivity contribution in [2.24, 2.45) is 0 Å². The Bertz CT molecular complexity index is 448. The number of anilines is 1. The Morgan fingerprint density at radius 2 is 2.33 bits per heavy atom. The summed E-state index contributed by atoms with van der Waals surface area (Å²) in [5.74, 6) is 0.